The molecule has 0 fully saturated rings. The lowest BCUT2D eigenvalue weighted by molar-refractivity contribution is 0.415. The molecule has 13 heavy (non-hydrogen) atoms. The van der Waals surface area contributed by atoms with Crippen LogP contribution in [0.2, 0.25) is 0 Å². The van der Waals surface area contributed by atoms with Crippen molar-refractivity contribution in [2.24, 2.45) is 0 Å². The zero-order valence-electron chi connectivity index (χ0n) is 7.82. The van der Waals surface area contributed by atoms with Crippen molar-refractivity contribution in [1.82, 2.24) is 9.78 Å². The van der Waals surface area contributed by atoms with Crippen LogP contribution in [0.3, 0.4) is 0 Å². The normalized spacial score (nSPS) is 10.6. The van der Waals surface area contributed by atoms with Crippen LogP contribution in [-0.4, -0.2) is 16.9 Å². The summed E-state index contributed by atoms with van der Waals surface area (Å²) >= 11 is 0. The predicted octanol–water partition coefficient (Wildman–Crippen LogP) is 2.06. The van der Waals surface area contributed by atoms with Gasteiger partial charge < -0.3 is 4.74 Å². The van der Waals surface area contributed by atoms with Crippen LogP contribution >= 0.6 is 0 Å². The van der Waals surface area contributed by atoms with Gasteiger partial charge in [-0.15, -0.1) is 0 Å². The SMILES string of the molecule is CCn1ncc2cc(OC)ccc21. The van der Waals surface area contributed by atoms with E-state index in [1.54, 1.807) is 7.11 Å². The minimum absolute atomic E-state index is 0.878. The second-order valence-corrected chi connectivity index (χ2v) is 2.89. The topological polar surface area (TPSA) is 27.1 Å². The van der Waals surface area contributed by atoms with E-state index in [1.807, 2.05) is 29.1 Å². The van der Waals surface area contributed by atoms with E-state index in [4.69, 9.17) is 4.74 Å². The van der Waals surface area contributed by atoms with E-state index in [-0.39, 0.29) is 0 Å². The van der Waals surface area contributed by atoms with Gasteiger partial charge in [-0.2, -0.15) is 5.10 Å². The summed E-state index contributed by atoms with van der Waals surface area (Å²) in [5.41, 5.74) is 1.16. The molecule has 0 bridgehead atoms. The van der Waals surface area contributed by atoms with Crippen LogP contribution in [-0.2, 0) is 6.54 Å². The fourth-order valence-electron chi connectivity index (χ4n) is 1.44. The first-order chi connectivity index (χ1) is 6.35. The zero-order chi connectivity index (χ0) is 9.26. The van der Waals surface area contributed by atoms with Gasteiger partial charge in [-0.05, 0) is 25.1 Å². The Hall–Kier alpha value is -1.51. The van der Waals surface area contributed by atoms with Crippen molar-refractivity contribution in [3.8, 4) is 5.75 Å². The zero-order valence-corrected chi connectivity index (χ0v) is 7.82. The van der Waals surface area contributed by atoms with Crippen molar-refractivity contribution < 1.29 is 4.74 Å². The van der Waals surface area contributed by atoms with Crippen LogP contribution in [0.15, 0.2) is 24.4 Å². The van der Waals surface area contributed by atoms with E-state index in [2.05, 4.69) is 12.0 Å². The Morgan fingerprint density at radius 2 is 2.31 bits per heavy atom. The Kier molecular flexibility index (Phi) is 1.93. The van der Waals surface area contributed by atoms with E-state index in [0.29, 0.717) is 0 Å². The molecular weight excluding hydrogens is 164 g/mol. The van der Waals surface area contributed by atoms with Gasteiger partial charge in [-0.25, -0.2) is 0 Å². The molecule has 0 amide bonds. The summed E-state index contributed by atoms with van der Waals surface area (Å²) in [5.74, 6) is 0.878. The summed E-state index contributed by atoms with van der Waals surface area (Å²) in [5, 5.41) is 5.38. The second kappa shape index (κ2) is 3.09. The fraction of sp³-hybridized carbons (Fsp3) is 0.300. The van der Waals surface area contributed by atoms with Gasteiger partial charge in [-0.1, -0.05) is 0 Å². The third-order valence-electron chi connectivity index (χ3n) is 2.15. The number of rotatable bonds is 2. The monoisotopic (exact) mass is 176 g/mol. The van der Waals surface area contributed by atoms with Crippen molar-refractivity contribution in [1.29, 1.82) is 0 Å². The number of methoxy groups -OCH3 is 1. The first-order valence-electron chi connectivity index (χ1n) is 4.34. The minimum atomic E-state index is 0.878. The van der Waals surface area contributed by atoms with Gasteiger partial charge >= 0.3 is 0 Å². The van der Waals surface area contributed by atoms with Crippen molar-refractivity contribution in [2.75, 3.05) is 7.11 Å². The Morgan fingerprint density at radius 1 is 1.46 bits per heavy atom. The van der Waals surface area contributed by atoms with E-state index < -0.39 is 0 Å². The smallest absolute Gasteiger partial charge is 0.119 e. The molecule has 3 heteroatoms. The van der Waals surface area contributed by atoms with E-state index in [9.17, 15) is 0 Å². The first kappa shape index (κ1) is 8.10. The van der Waals surface area contributed by atoms with Gasteiger partial charge in [0.1, 0.15) is 5.75 Å². The molecule has 0 aliphatic carbocycles. The van der Waals surface area contributed by atoms with Crippen molar-refractivity contribution in [3.63, 3.8) is 0 Å². The minimum Gasteiger partial charge on any atom is -0.497 e. The fourth-order valence-corrected chi connectivity index (χ4v) is 1.44. The van der Waals surface area contributed by atoms with Gasteiger partial charge in [0.25, 0.3) is 0 Å². The highest BCUT2D eigenvalue weighted by molar-refractivity contribution is 5.80. The summed E-state index contributed by atoms with van der Waals surface area (Å²) < 4.78 is 7.10. The third kappa shape index (κ3) is 1.26. The van der Waals surface area contributed by atoms with Gasteiger partial charge in [0.2, 0.25) is 0 Å². The number of hydrogen-bond acceptors (Lipinski definition) is 2. The maximum absolute atomic E-state index is 5.13. The molecule has 0 N–H and O–H groups in total. The summed E-state index contributed by atoms with van der Waals surface area (Å²) in [7, 11) is 1.67. The van der Waals surface area contributed by atoms with Crippen LogP contribution < -0.4 is 4.74 Å². The molecule has 0 aliphatic heterocycles. The number of hydrogen-bond donors (Lipinski definition) is 0. The highest BCUT2D eigenvalue weighted by Crippen LogP contribution is 2.19. The predicted molar refractivity (Wildman–Crippen MR) is 52.0 cm³/mol. The molecule has 0 saturated carbocycles. The van der Waals surface area contributed by atoms with Gasteiger partial charge in [0.15, 0.2) is 0 Å². The summed E-state index contributed by atoms with van der Waals surface area (Å²) in [4.78, 5) is 0. The molecule has 1 heterocycles. The number of benzene rings is 1. The van der Waals surface area contributed by atoms with E-state index in [1.165, 1.54) is 0 Å². The number of ether oxygens (including phenoxy) is 1. The lowest BCUT2D eigenvalue weighted by Crippen LogP contribution is -1.94. The molecule has 2 aromatic rings. The highest BCUT2D eigenvalue weighted by atomic mass is 16.5. The maximum atomic E-state index is 5.13. The van der Waals surface area contributed by atoms with Gasteiger partial charge in [0, 0.05) is 11.9 Å². The van der Waals surface area contributed by atoms with Crippen LogP contribution in [0.4, 0.5) is 0 Å². The molecular formula is C10H12N2O. The molecule has 0 radical (unpaired) electrons. The first-order valence-corrected chi connectivity index (χ1v) is 4.34. The summed E-state index contributed by atoms with van der Waals surface area (Å²) in [6.45, 7) is 2.98. The van der Waals surface area contributed by atoms with Gasteiger partial charge in [0.05, 0.1) is 18.8 Å². The quantitative estimate of drug-likeness (QED) is 0.700. The molecule has 0 saturated heterocycles. The number of nitrogens with zero attached hydrogens (tertiary/aromatic N) is 2. The lowest BCUT2D eigenvalue weighted by atomic mass is 10.2. The maximum Gasteiger partial charge on any atom is 0.119 e. The average molecular weight is 176 g/mol. The Morgan fingerprint density at radius 3 is 3.00 bits per heavy atom. The lowest BCUT2D eigenvalue weighted by Gasteiger charge is -2.00. The van der Waals surface area contributed by atoms with Gasteiger partial charge in [-0.3, -0.25) is 4.68 Å². The van der Waals surface area contributed by atoms with E-state index in [0.717, 1.165) is 23.2 Å². The van der Waals surface area contributed by atoms with Crippen molar-refractivity contribution in [2.45, 2.75) is 13.5 Å². The number of fused-ring (bicyclic) bond motifs is 1. The van der Waals surface area contributed by atoms with Crippen molar-refractivity contribution >= 4 is 10.9 Å². The average Bonchev–Trinajstić information content (AvgIpc) is 2.59. The largest absolute Gasteiger partial charge is 0.497 e. The molecule has 2 rings (SSSR count). The molecule has 1 aromatic carbocycles. The van der Waals surface area contributed by atoms with Crippen LogP contribution in [0.25, 0.3) is 10.9 Å². The third-order valence-corrected chi connectivity index (χ3v) is 2.15. The number of aryl methyl sites for hydroxylation is 1. The Labute approximate surface area is 76.9 Å². The van der Waals surface area contributed by atoms with Crippen LogP contribution in [0.1, 0.15) is 6.92 Å². The molecule has 0 unspecified atom stereocenters. The Bertz CT molecular complexity index is 420. The molecule has 0 atom stereocenters. The van der Waals surface area contributed by atoms with E-state index >= 15 is 0 Å². The number of aromatic nitrogens is 2. The van der Waals surface area contributed by atoms with Crippen LogP contribution in [0, 0.1) is 0 Å². The summed E-state index contributed by atoms with van der Waals surface area (Å²) in [6, 6.07) is 5.98. The standard InChI is InChI=1S/C10H12N2O/c1-3-12-10-5-4-9(13-2)6-8(10)7-11-12/h4-7H,3H2,1-2H3. The molecule has 68 valence electrons. The highest BCUT2D eigenvalue weighted by Gasteiger charge is 2.01. The van der Waals surface area contributed by atoms with Crippen LogP contribution in [0.5, 0.6) is 5.75 Å². The second-order valence-electron chi connectivity index (χ2n) is 2.89. The molecule has 1 aromatic heterocycles. The molecule has 3 nitrogen and oxygen atoms in total. The Balaban J connectivity index is 2.61. The van der Waals surface area contributed by atoms with Crippen molar-refractivity contribution in [3.05, 3.63) is 24.4 Å². The summed E-state index contributed by atoms with van der Waals surface area (Å²) in [6.07, 6.45) is 1.86. The molecule has 0 aliphatic rings. The molecule has 0 spiro atoms.